The molecule has 0 atom stereocenters. The summed E-state index contributed by atoms with van der Waals surface area (Å²) in [5, 5.41) is 4.38. The topological polar surface area (TPSA) is 42.0 Å². The van der Waals surface area contributed by atoms with Crippen LogP contribution in [-0.4, -0.2) is 10.9 Å². The molecule has 0 aliphatic heterocycles. The second-order valence-corrected chi connectivity index (χ2v) is 7.81. The highest BCUT2D eigenvalue weighted by molar-refractivity contribution is 8.00. The SMILES string of the molecule is Cc1ccc(CSc2nc(CC(=O)Nc3ccc(F)c(F)c3)cs2)cc1. The predicted molar refractivity (Wildman–Crippen MR) is 102 cm³/mol. The number of aryl methyl sites for hydroxylation is 1. The number of amides is 1. The maximum atomic E-state index is 13.2. The zero-order valence-corrected chi connectivity index (χ0v) is 15.6. The van der Waals surface area contributed by atoms with E-state index in [0.29, 0.717) is 5.69 Å². The first-order valence-electron chi connectivity index (χ1n) is 7.87. The van der Waals surface area contributed by atoms with Crippen LogP contribution in [0.1, 0.15) is 16.8 Å². The van der Waals surface area contributed by atoms with E-state index in [1.807, 2.05) is 5.38 Å². The van der Waals surface area contributed by atoms with Crippen molar-refractivity contribution in [3.05, 3.63) is 76.3 Å². The number of carbonyl (C=O) groups excluding carboxylic acids is 1. The van der Waals surface area contributed by atoms with Gasteiger partial charge in [-0.15, -0.1) is 11.3 Å². The van der Waals surface area contributed by atoms with E-state index in [4.69, 9.17) is 0 Å². The first-order chi connectivity index (χ1) is 12.5. The molecule has 26 heavy (non-hydrogen) atoms. The minimum atomic E-state index is -0.994. The number of hydrogen-bond acceptors (Lipinski definition) is 4. The molecular weight excluding hydrogens is 374 g/mol. The number of rotatable bonds is 6. The van der Waals surface area contributed by atoms with Crippen LogP contribution in [0, 0.1) is 18.6 Å². The summed E-state index contributed by atoms with van der Waals surface area (Å²) in [4.78, 5) is 16.5. The average Bonchev–Trinajstić information content (AvgIpc) is 3.05. The van der Waals surface area contributed by atoms with Gasteiger partial charge in [0.05, 0.1) is 12.1 Å². The van der Waals surface area contributed by atoms with Crippen LogP contribution in [0.5, 0.6) is 0 Å². The van der Waals surface area contributed by atoms with E-state index in [1.54, 1.807) is 11.8 Å². The van der Waals surface area contributed by atoms with E-state index < -0.39 is 11.6 Å². The molecule has 1 N–H and O–H groups in total. The molecule has 0 spiro atoms. The molecule has 0 radical (unpaired) electrons. The van der Waals surface area contributed by atoms with Crippen molar-refractivity contribution in [3.63, 3.8) is 0 Å². The summed E-state index contributed by atoms with van der Waals surface area (Å²) in [6.45, 7) is 2.05. The molecular formula is C19H16F2N2OS2. The Morgan fingerprint density at radius 3 is 2.65 bits per heavy atom. The van der Waals surface area contributed by atoms with Gasteiger partial charge >= 0.3 is 0 Å². The number of hydrogen-bond donors (Lipinski definition) is 1. The lowest BCUT2D eigenvalue weighted by atomic mass is 10.2. The van der Waals surface area contributed by atoms with Gasteiger partial charge in [-0.25, -0.2) is 13.8 Å². The third-order valence-electron chi connectivity index (χ3n) is 3.56. The number of thioether (sulfide) groups is 1. The summed E-state index contributed by atoms with van der Waals surface area (Å²) in [7, 11) is 0. The summed E-state index contributed by atoms with van der Waals surface area (Å²) < 4.78 is 27.0. The highest BCUT2D eigenvalue weighted by Crippen LogP contribution is 2.26. The summed E-state index contributed by atoms with van der Waals surface area (Å²) in [5.41, 5.74) is 3.32. The van der Waals surface area contributed by atoms with Gasteiger partial charge in [0.1, 0.15) is 4.34 Å². The molecule has 134 valence electrons. The van der Waals surface area contributed by atoms with Gasteiger partial charge in [-0.1, -0.05) is 41.6 Å². The zero-order valence-electron chi connectivity index (χ0n) is 14.0. The van der Waals surface area contributed by atoms with E-state index in [9.17, 15) is 13.6 Å². The van der Waals surface area contributed by atoms with Crippen molar-refractivity contribution in [1.82, 2.24) is 4.98 Å². The number of thiazole rings is 1. The number of carbonyl (C=O) groups is 1. The van der Waals surface area contributed by atoms with Crippen molar-refractivity contribution in [2.45, 2.75) is 23.4 Å². The van der Waals surface area contributed by atoms with Gasteiger partial charge in [0, 0.05) is 22.9 Å². The van der Waals surface area contributed by atoms with E-state index in [-0.39, 0.29) is 18.0 Å². The van der Waals surface area contributed by atoms with Crippen LogP contribution >= 0.6 is 23.1 Å². The van der Waals surface area contributed by atoms with E-state index >= 15 is 0 Å². The molecule has 3 rings (SSSR count). The first-order valence-corrected chi connectivity index (χ1v) is 9.74. The monoisotopic (exact) mass is 390 g/mol. The second-order valence-electron chi connectivity index (χ2n) is 5.73. The lowest BCUT2D eigenvalue weighted by molar-refractivity contribution is -0.115. The first kappa shape index (κ1) is 18.5. The van der Waals surface area contributed by atoms with Crippen LogP contribution < -0.4 is 5.32 Å². The lowest BCUT2D eigenvalue weighted by Gasteiger charge is -2.04. The minimum absolute atomic E-state index is 0.0839. The summed E-state index contributed by atoms with van der Waals surface area (Å²) in [5.74, 6) is -1.45. The third kappa shape index (κ3) is 5.12. The molecule has 0 aliphatic rings. The van der Waals surface area contributed by atoms with Gasteiger partial charge in [-0.05, 0) is 24.6 Å². The minimum Gasteiger partial charge on any atom is -0.326 e. The fourth-order valence-electron chi connectivity index (χ4n) is 2.21. The van der Waals surface area contributed by atoms with Gasteiger partial charge in [0.2, 0.25) is 5.91 Å². The Balaban J connectivity index is 1.53. The second kappa shape index (κ2) is 8.42. The van der Waals surface area contributed by atoms with Crippen molar-refractivity contribution >= 4 is 34.7 Å². The van der Waals surface area contributed by atoms with Crippen LogP contribution in [0.2, 0.25) is 0 Å². The van der Waals surface area contributed by atoms with E-state index in [2.05, 4.69) is 41.5 Å². The zero-order chi connectivity index (χ0) is 18.5. The molecule has 0 aliphatic carbocycles. The molecule has 0 bridgehead atoms. The maximum Gasteiger partial charge on any atom is 0.230 e. The van der Waals surface area contributed by atoms with Gasteiger partial charge < -0.3 is 5.32 Å². The van der Waals surface area contributed by atoms with Crippen molar-refractivity contribution < 1.29 is 13.6 Å². The average molecular weight is 390 g/mol. The van der Waals surface area contributed by atoms with Gasteiger partial charge in [0.25, 0.3) is 0 Å². The molecule has 1 amide bonds. The van der Waals surface area contributed by atoms with Crippen LogP contribution in [0.15, 0.2) is 52.2 Å². The molecule has 3 nitrogen and oxygen atoms in total. The van der Waals surface area contributed by atoms with Crippen LogP contribution in [0.4, 0.5) is 14.5 Å². The van der Waals surface area contributed by atoms with Crippen LogP contribution in [0.25, 0.3) is 0 Å². The van der Waals surface area contributed by atoms with E-state index in [0.717, 1.165) is 22.2 Å². The number of halogens is 2. The Bertz CT molecular complexity index is 910. The summed E-state index contributed by atoms with van der Waals surface area (Å²) >= 11 is 3.11. The van der Waals surface area contributed by atoms with E-state index in [1.165, 1.54) is 28.5 Å². The van der Waals surface area contributed by atoms with Crippen molar-refractivity contribution in [3.8, 4) is 0 Å². The lowest BCUT2D eigenvalue weighted by Crippen LogP contribution is -2.14. The summed E-state index contributed by atoms with van der Waals surface area (Å²) in [6.07, 6.45) is 0.0839. The molecule has 1 aromatic heterocycles. The molecule has 7 heteroatoms. The standard InChI is InChI=1S/C19H16F2N2OS2/c1-12-2-4-13(5-3-12)10-25-19-23-15(11-26-19)9-18(24)22-14-6-7-16(20)17(21)8-14/h2-8,11H,9-10H2,1H3,(H,22,24). The molecule has 2 aromatic carbocycles. The van der Waals surface area contributed by atoms with Crippen molar-refractivity contribution in [2.24, 2.45) is 0 Å². The smallest absolute Gasteiger partial charge is 0.230 e. The predicted octanol–water partition coefficient (Wildman–Crippen LogP) is 5.20. The van der Waals surface area contributed by atoms with Gasteiger partial charge in [-0.2, -0.15) is 0 Å². The Hall–Kier alpha value is -2.25. The molecule has 0 fully saturated rings. The molecule has 0 saturated carbocycles. The Morgan fingerprint density at radius 2 is 1.92 bits per heavy atom. The van der Waals surface area contributed by atoms with Crippen LogP contribution in [-0.2, 0) is 17.0 Å². The Morgan fingerprint density at radius 1 is 1.15 bits per heavy atom. The molecule has 3 aromatic rings. The normalized spacial score (nSPS) is 10.7. The fraction of sp³-hybridized carbons (Fsp3) is 0.158. The molecule has 0 saturated heterocycles. The third-order valence-corrected chi connectivity index (χ3v) is 5.70. The van der Waals surface area contributed by atoms with Crippen molar-refractivity contribution in [1.29, 1.82) is 0 Å². The number of nitrogens with zero attached hydrogens (tertiary/aromatic N) is 1. The molecule has 1 heterocycles. The number of aromatic nitrogens is 1. The molecule has 0 unspecified atom stereocenters. The highest BCUT2D eigenvalue weighted by atomic mass is 32.2. The van der Waals surface area contributed by atoms with Crippen LogP contribution in [0.3, 0.4) is 0 Å². The fourth-order valence-corrected chi connectivity index (χ4v) is 4.01. The van der Waals surface area contributed by atoms with Gasteiger partial charge in [-0.3, -0.25) is 4.79 Å². The van der Waals surface area contributed by atoms with Gasteiger partial charge in [0.15, 0.2) is 11.6 Å². The maximum absolute atomic E-state index is 13.2. The highest BCUT2D eigenvalue weighted by Gasteiger charge is 2.10. The summed E-state index contributed by atoms with van der Waals surface area (Å²) in [6, 6.07) is 11.6. The Labute approximate surface area is 158 Å². The Kier molecular flexibility index (Phi) is 6.00. The van der Waals surface area contributed by atoms with Crippen molar-refractivity contribution in [2.75, 3.05) is 5.32 Å². The largest absolute Gasteiger partial charge is 0.326 e. The quantitative estimate of drug-likeness (QED) is 0.588. The number of anilines is 1. The number of nitrogens with one attached hydrogen (secondary N) is 1. The number of benzene rings is 2.